The van der Waals surface area contributed by atoms with Crippen molar-refractivity contribution in [3.8, 4) is 5.75 Å². The molecule has 0 fully saturated rings. The van der Waals surface area contributed by atoms with E-state index in [-0.39, 0.29) is 0 Å². The normalized spacial score (nSPS) is 11.5. The Hall–Kier alpha value is -2.21. The summed E-state index contributed by atoms with van der Waals surface area (Å²) in [5.74, 6) is 1.52. The molecule has 0 bridgehead atoms. The lowest BCUT2D eigenvalue weighted by atomic mass is 10.1. The van der Waals surface area contributed by atoms with Crippen LogP contribution in [-0.2, 0) is 20.0 Å². The van der Waals surface area contributed by atoms with Crippen molar-refractivity contribution in [1.29, 1.82) is 0 Å². The highest BCUT2D eigenvalue weighted by Gasteiger charge is 2.10. The van der Waals surface area contributed by atoms with E-state index in [9.17, 15) is 0 Å². The van der Waals surface area contributed by atoms with Crippen molar-refractivity contribution >= 4 is 17.6 Å². The summed E-state index contributed by atoms with van der Waals surface area (Å²) in [6, 6.07) is 5.74. The summed E-state index contributed by atoms with van der Waals surface area (Å²) in [5.41, 5.74) is 4.46. The van der Waals surface area contributed by atoms with Gasteiger partial charge in [-0.2, -0.15) is 5.10 Å². The second-order valence-corrected chi connectivity index (χ2v) is 6.24. The van der Waals surface area contributed by atoms with Crippen LogP contribution in [-0.4, -0.2) is 36.4 Å². The minimum absolute atomic E-state index is 0.689. The molecule has 0 spiro atoms. The summed E-state index contributed by atoms with van der Waals surface area (Å²) >= 11 is 6.27. The van der Waals surface area contributed by atoms with Gasteiger partial charge < -0.3 is 15.4 Å². The van der Waals surface area contributed by atoms with Crippen molar-refractivity contribution in [2.45, 2.75) is 26.8 Å². The summed E-state index contributed by atoms with van der Waals surface area (Å²) in [7, 11) is 5.35. The molecule has 25 heavy (non-hydrogen) atoms. The van der Waals surface area contributed by atoms with Gasteiger partial charge in [-0.15, -0.1) is 0 Å². The number of nitrogens with zero attached hydrogens (tertiary/aromatic N) is 3. The van der Waals surface area contributed by atoms with Crippen molar-refractivity contribution in [2.75, 3.05) is 20.7 Å². The highest BCUT2D eigenvalue weighted by atomic mass is 35.5. The van der Waals surface area contributed by atoms with Gasteiger partial charge in [-0.25, -0.2) is 0 Å². The third-order valence-corrected chi connectivity index (χ3v) is 4.61. The second kappa shape index (κ2) is 8.76. The van der Waals surface area contributed by atoms with Crippen LogP contribution in [0.15, 0.2) is 23.2 Å². The lowest BCUT2D eigenvalue weighted by Crippen LogP contribution is -2.38. The first-order valence-corrected chi connectivity index (χ1v) is 8.60. The van der Waals surface area contributed by atoms with Crippen LogP contribution in [0.4, 0.5) is 0 Å². The van der Waals surface area contributed by atoms with Gasteiger partial charge in [-0.1, -0.05) is 17.7 Å². The van der Waals surface area contributed by atoms with E-state index in [1.54, 1.807) is 14.2 Å². The quantitative estimate of drug-likeness (QED) is 0.611. The largest absolute Gasteiger partial charge is 0.497 e. The van der Waals surface area contributed by atoms with Crippen LogP contribution in [0.2, 0.25) is 5.02 Å². The van der Waals surface area contributed by atoms with E-state index < -0.39 is 0 Å². The third kappa shape index (κ3) is 4.89. The Balaban J connectivity index is 1.86. The summed E-state index contributed by atoms with van der Waals surface area (Å²) < 4.78 is 7.07. The molecule has 0 amide bonds. The highest BCUT2D eigenvalue weighted by molar-refractivity contribution is 6.31. The second-order valence-electron chi connectivity index (χ2n) is 5.83. The highest BCUT2D eigenvalue weighted by Crippen LogP contribution is 2.22. The van der Waals surface area contributed by atoms with E-state index in [0.29, 0.717) is 11.6 Å². The Morgan fingerprint density at radius 1 is 1.32 bits per heavy atom. The molecule has 2 aromatic rings. The van der Waals surface area contributed by atoms with Crippen LogP contribution < -0.4 is 15.4 Å². The third-order valence-electron chi connectivity index (χ3n) is 4.26. The molecule has 0 saturated carbocycles. The Kier molecular flexibility index (Phi) is 6.70. The molecule has 6 nitrogen and oxygen atoms in total. The van der Waals surface area contributed by atoms with Crippen molar-refractivity contribution in [3.05, 3.63) is 45.7 Å². The van der Waals surface area contributed by atoms with Crippen LogP contribution in [0.25, 0.3) is 0 Å². The molecule has 1 aromatic carbocycles. The van der Waals surface area contributed by atoms with Crippen molar-refractivity contribution in [3.63, 3.8) is 0 Å². The summed E-state index contributed by atoms with van der Waals surface area (Å²) in [6.07, 6.45) is 0.800. The molecule has 136 valence electrons. The Morgan fingerprint density at radius 3 is 2.64 bits per heavy atom. The maximum atomic E-state index is 6.27. The number of aliphatic imine (C=N–C) groups is 1. The van der Waals surface area contributed by atoms with Crippen LogP contribution in [0.5, 0.6) is 5.75 Å². The monoisotopic (exact) mass is 363 g/mol. The molecule has 1 aromatic heterocycles. The van der Waals surface area contributed by atoms with E-state index in [2.05, 4.69) is 27.6 Å². The molecular formula is C18H26ClN5O. The van der Waals surface area contributed by atoms with Crippen molar-refractivity contribution in [2.24, 2.45) is 12.0 Å². The fraction of sp³-hybridized carbons (Fsp3) is 0.444. The maximum Gasteiger partial charge on any atom is 0.191 e. The Labute approximate surface area is 154 Å². The van der Waals surface area contributed by atoms with Crippen molar-refractivity contribution < 1.29 is 4.74 Å². The maximum absolute atomic E-state index is 6.27. The first-order valence-electron chi connectivity index (χ1n) is 8.22. The summed E-state index contributed by atoms with van der Waals surface area (Å²) in [4.78, 5) is 4.26. The minimum Gasteiger partial charge on any atom is -0.497 e. The van der Waals surface area contributed by atoms with E-state index in [0.717, 1.165) is 41.6 Å². The number of benzene rings is 1. The van der Waals surface area contributed by atoms with Gasteiger partial charge in [0.2, 0.25) is 0 Å². The van der Waals surface area contributed by atoms with Crippen LogP contribution in [0, 0.1) is 13.8 Å². The number of hydrogen-bond donors (Lipinski definition) is 2. The van der Waals surface area contributed by atoms with E-state index in [1.807, 2.05) is 36.9 Å². The lowest BCUT2D eigenvalue weighted by molar-refractivity contribution is 0.414. The van der Waals surface area contributed by atoms with E-state index in [1.165, 1.54) is 5.56 Å². The topological polar surface area (TPSA) is 63.5 Å². The molecule has 7 heteroatoms. The Bertz CT molecular complexity index is 754. The van der Waals surface area contributed by atoms with Gasteiger partial charge in [-0.3, -0.25) is 9.67 Å². The number of hydrogen-bond acceptors (Lipinski definition) is 3. The number of nitrogens with one attached hydrogen (secondary N) is 2. The summed E-state index contributed by atoms with van der Waals surface area (Å²) in [6.45, 7) is 5.51. The van der Waals surface area contributed by atoms with Gasteiger partial charge in [0, 0.05) is 43.5 Å². The number of ether oxygens (including phenoxy) is 1. The molecule has 0 saturated heterocycles. The predicted octanol–water partition coefficient (Wildman–Crippen LogP) is 2.61. The first-order chi connectivity index (χ1) is 12.0. The van der Waals surface area contributed by atoms with Crippen LogP contribution >= 0.6 is 11.6 Å². The fourth-order valence-electron chi connectivity index (χ4n) is 2.64. The van der Waals surface area contributed by atoms with Gasteiger partial charge >= 0.3 is 0 Å². The zero-order valence-corrected chi connectivity index (χ0v) is 16.2. The number of guanidine groups is 1. The van der Waals surface area contributed by atoms with Gasteiger partial charge in [0.15, 0.2) is 5.96 Å². The van der Waals surface area contributed by atoms with Crippen LogP contribution in [0.3, 0.4) is 0 Å². The van der Waals surface area contributed by atoms with Gasteiger partial charge in [0.05, 0.1) is 12.8 Å². The number of aryl methyl sites for hydroxylation is 2. The molecule has 0 aliphatic rings. The molecule has 2 N–H and O–H groups in total. The molecule has 0 aliphatic heterocycles. The molecular weight excluding hydrogens is 338 g/mol. The number of rotatable bonds is 6. The minimum atomic E-state index is 0.689. The zero-order chi connectivity index (χ0) is 18.4. The SMILES string of the molecule is CN=C(NCCc1ccc(OC)cc1Cl)NCc1c(C)nn(C)c1C. The summed E-state index contributed by atoms with van der Waals surface area (Å²) in [5, 5.41) is 11.8. The average molecular weight is 364 g/mol. The first kappa shape index (κ1) is 19.1. The van der Waals surface area contributed by atoms with E-state index in [4.69, 9.17) is 16.3 Å². The Morgan fingerprint density at radius 2 is 2.08 bits per heavy atom. The number of halogens is 1. The number of methoxy groups -OCH3 is 1. The fourth-order valence-corrected chi connectivity index (χ4v) is 2.90. The standard InChI is InChI=1S/C18H26ClN5O/c1-12-16(13(2)24(4)23-12)11-22-18(20-3)21-9-8-14-6-7-15(25-5)10-17(14)19/h6-7,10H,8-9,11H2,1-5H3,(H2,20,21,22). The predicted molar refractivity (Wildman–Crippen MR) is 103 cm³/mol. The van der Waals surface area contributed by atoms with E-state index >= 15 is 0 Å². The molecule has 0 unspecified atom stereocenters. The van der Waals surface area contributed by atoms with Crippen LogP contribution in [0.1, 0.15) is 22.5 Å². The zero-order valence-electron chi connectivity index (χ0n) is 15.5. The molecule has 2 rings (SSSR count). The smallest absolute Gasteiger partial charge is 0.191 e. The number of aromatic nitrogens is 2. The lowest BCUT2D eigenvalue weighted by Gasteiger charge is -2.13. The molecule has 0 atom stereocenters. The average Bonchev–Trinajstić information content (AvgIpc) is 2.84. The van der Waals surface area contributed by atoms with Crippen molar-refractivity contribution in [1.82, 2.24) is 20.4 Å². The molecule has 0 radical (unpaired) electrons. The molecule has 0 aliphatic carbocycles. The van der Waals surface area contributed by atoms with Gasteiger partial charge in [-0.05, 0) is 38.0 Å². The van der Waals surface area contributed by atoms with Gasteiger partial charge in [0.25, 0.3) is 0 Å². The molecule has 1 heterocycles. The van der Waals surface area contributed by atoms with Gasteiger partial charge in [0.1, 0.15) is 5.75 Å².